The SMILES string of the molecule is N#CC1(NC(=O)[C@@H]2CC(Sc3ccc(Br)cc3)CN2C(=O)C2(C(F)(F)F)CC2)CC1. The van der Waals surface area contributed by atoms with Gasteiger partial charge >= 0.3 is 6.18 Å². The summed E-state index contributed by atoms with van der Waals surface area (Å²) in [5.74, 6) is -1.56. The molecule has 2 saturated carbocycles. The molecule has 1 saturated heterocycles. The van der Waals surface area contributed by atoms with Crippen LogP contribution in [0.5, 0.6) is 0 Å². The zero-order chi connectivity index (χ0) is 21.7. The van der Waals surface area contributed by atoms with E-state index in [0.29, 0.717) is 12.8 Å². The van der Waals surface area contributed by atoms with Crippen LogP contribution in [0.4, 0.5) is 13.2 Å². The molecule has 10 heteroatoms. The molecule has 4 rings (SSSR count). The monoisotopic (exact) mass is 501 g/mol. The summed E-state index contributed by atoms with van der Waals surface area (Å²) in [6.45, 7) is 0.0645. The van der Waals surface area contributed by atoms with Gasteiger partial charge in [0.25, 0.3) is 0 Å². The molecule has 0 spiro atoms. The first-order valence-electron chi connectivity index (χ1n) is 9.62. The number of benzene rings is 1. The molecule has 5 nitrogen and oxygen atoms in total. The highest BCUT2D eigenvalue weighted by Crippen LogP contribution is 2.59. The van der Waals surface area contributed by atoms with Crippen LogP contribution in [-0.2, 0) is 9.59 Å². The maximum atomic E-state index is 13.5. The fourth-order valence-corrected chi connectivity index (χ4v) is 5.24. The highest BCUT2D eigenvalue weighted by Gasteiger charge is 2.70. The largest absolute Gasteiger partial charge is 0.403 e. The van der Waals surface area contributed by atoms with Crippen molar-refractivity contribution in [3.05, 3.63) is 28.7 Å². The van der Waals surface area contributed by atoms with Gasteiger partial charge < -0.3 is 10.2 Å². The number of alkyl halides is 3. The average Bonchev–Trinajstić information content (AvgIpc) is 3.60. The van der Waals surface area contributed by atoms with E-state index in [0.717, 1.165) is 14.3 Å². The number of nitriles is 1. The second kappa shape index (κ2) is 7.45. The number of hydrogen-bond acceptors (Lipinski definition) is 4. The molecule has 1 N–H and O–H groups in total. The van der Waals surface area contributed by atoms with Crippen LogP contribution >= 0.6 is 27.7 Å². The summed E-state index contributed by atoms with van der Waals surface area (Å²) in [6, 6.07) is 8.51. The number of nitrogens with zero attached hydrogens (tertiary/aromatic N) is 2. The van der Waals surface area contributed by atoms with Gasteiger partial charge in [0.15, 0.2) is 0 Å². The second-order valence-corrected chi connectivity index (χ2v) is 10.5. The zero-order valence-corrected chi connectivity index (χ0v) is 18.2. The smallest absolute Gasteiger partial charge is 0.336 e. The number of amides is 2. The average molecular weight is 502 g/mol. The number of rotatable bonds is 5. The van der Waals surface area contributed by atoms with E-state index in [-0.39, 0.29) is 31.1 Å². The Balaban J connectivity index is 1.54. The van der Waals surface area contributed by atoms with Gasteiger partial charge in [0, 0.05) is 21.2 Å². The number of carbonyl (C=O) groups is 2. The highest BCUT2D eigenvalue weighted by molar-refractivity contribution is 9.10. The van der Waals surface area contributed by atoms with Gasteiger partial charge in [-0.25, -0.2) is 0 Å². The first-order valence-corrected chi connectivity index (χ1v) is 11.3. The quantitative estimate of drug-likeness (QED) is 0.660. The van der Waals surface area contributed by atoms with Crippen molar-refractivity contribution in [1.29, 1.82) is 5.26 Å². The normalized spacial score (nSPS) is 26.0. The standard InChI is InChI=1S/C20H19BrF3N3O2S/c21-12-1-3-13(4-2-12)30-14-9-15(16(28)26-18(11-25)5-6-18)27(10-14)17(29)19(7-8-19)20(22,23)24/h1-4,14-15H,5-10H2,(H,26,28)/t14?,15-/m0/s1. The van der Waals surface area contributed by atoms with Crippen molar-refractivity contribution < 1.29 is 22.8 Å². The Labute approximate surface area is 184 Å². The Bertz CT molecular complexity index is 907. The summed E-state index contributed by atoms with van der Waals surface area (Å²) in [5.41, 5.74) is -3.31. The topological polar surface area (TPSA) is 73.2 Å². The lowest BCUT2D eigenvalue weighted by Crippen LogP contribution is -2.53. The predicted molar refractivity (Wildman–Crippen MR) is 107 cm³/mol. The molecular formula is C20H19BrF3N3O2S. The van der Waals surface area contributed by atoms with Crippen LogP contribution < -0.4 is 5.32 Å². The van der Waals surface area contributed by atoms with Gasteiger partial charge in [0.1, 0.15) is 17.0 Å². The van der Waals surface area contributed by atoms with Crippen LogP contribution in [0.15, 0.2) is 33.6 Å². The van der Waals surface area contributed by atoms with Crippen molar-refractivity contribution in [1.82, 2.24) is 10.2 Å². The zero-order valence-electron chi connectivity index (χ0n) is 15.8. The third kappa shape index (κ3) is 3.94. The van der Waals surface area contributed by atoms with Crippen molar-refractivity contribution in [3.63, 3.8) is 0 Å². The molecule has 0 radical (unpaired) electrons. The van der Waals surface area contributed by atoms with Gasteiger partial charge in [0.05, 0.1) is 6.07 Å². The molecule has 2 aliphatic carbocycles. The van der Waals surface area contributed by atoms with Crippen LogP contribution in [0.25, 0.3) is 0 Å². The van der Waals surface area contributed by atoms with E-state index in [1.807, 2.05) is 30.3 Å². The molecule has 0 bridgehead atoms. The molecule has 2 amide bonds. The number of thioether (sulfide) groups is 1. The Morgan fingerprint density at radius 3 is 2.33 bits per heavy atom. The fourth-order valence-electron chi connectivity index (χ4n) is 3.79. The molecule has 3 aliphatic rings. The maximum absolute atomic E-state index is 13.5. The second-order valence-electron chi connectivity index (χ2n) is 8.17. The lowest BCUT2D eigenvalue weighted by molar-refractivity contribution is -0.199. The minimum Gasteiger partial charge on any atom is -0.336 e. The first kappa shape index (κ1) is 21.5. The van der Waals surface area contributed by atoms with Crippen molar-refractivity contribution in [3.8, 4) is 6.07 Å². The molecule has 1 heterocycles. The number of carbonyl (C=O) groups excluding carboxylic acids is 2. The molecule has 0 aromatic heterocycles. The number of halogens is 4. The lowest BCUT2D eigenvalue weighted by atomic mass is 10.0. The fraction of sp³-hybridized carbons (Fsp3) is 0.550. The molecule has 160 valence electrons. The van der Waals surface area contributed by atoms with Gasteiger partial charge in [-0.2, -0.15) is 18.4 Å². The van der Waals surface area contributed by atoms with E-state index in [1.165, 1.54) is 11.8 Å². The summed E-state index contributed by atoms with van der Waals surface area (Å²) >= 11 is 4.79. The number of nitrogens with one attached hydrogen (secondary N) is 1. The summed E-state index contributed by atoms with van der Waals surface area (Å²) in [4.78, 5) is 27.8. The molecular weight excluding hydrogens is 483 g/mol. The Hall–Kier alpha value is -1.73. The van der Waals surface area contributed by atoms with Gasteiger partial charge in [-0.15, -0.1) is 11.8 Å². The molecule has 1 aromatic rings. The minimum absolute atomic E-state index is 0.0645. The van der Waals surface area contributed by atoms with Crippen LogP contribution in [-0.4, -0.2) is 46.3 Å². The molecule has 1 aliphatic heterocycles. The van der Waals surface area contributed by atoms with Gasteiger partial charge in [0.2, 0.25) is 11.8 Å². The van der Waals surface area contributed by atoms with Crippen molar-refractivity contribution >= 4 is 39.5 Å². The predicted octanol–water partition coefficient (Wildman–Crippen LogP) is 4.03. The van der Waals surface area contributed by atoms with Crippen molar-refractivity contribution in [2.45, 2.75) is 60.0 Å². The van der Waals surface area contributed by atoms with Gasteiger partial charge in [-0.05, 0) is 56.4 Å². The van der Waals surface area contributed by atoms with Crippen molar-refractivity contribution in [2.75, 3.05) is 6.54 Å². The van der Waals surface area contributed by atoms with E-state index < -0.39 is 35.0 Å². The van der Waals surface area contributed by atoms with E-state index in [1.54, 1.807) is 0 Å². The third-order valence-electron chi connectivity index (χ3n) is 5.97. The summed E-state index contributed by atoms with van der Waals surface area (Å²) in [6.07, 6.45) is -3.85. The van der Waals surface area contributed by atoms with Crippen LogP contribution in [0.3, 0.4) is 0 Å². The summed E-state index contributed by atoms with van der Waals surface area (Å²) in [5, 5.41) is 11.7. The first-order chi connectivity index (χ1) is 14.1. The Kier molecular flexibility index (Phi) is 5.34. The summed E-state index contributed by atoms with van der Waals surface area (Å²) < 4.78 is 41.5. The van der Waals surface area contributed by atoms with E-state index in [2.05, 4.69) is 21.2 Å². The summed E-state index contributed by atoms with van der Waals surface area (Å²) in [7, 11) is 0. The molecule has 3 fully saturated rings. The Morgan fingerprint density at radius 1 is 1.20 bits per heavy atom. The maximum Gasteiger partial charge on any atom is 0.403 e. The van der Waals surface area contributed by atoms with E-state index in [9.17, 15) is 28.0 Å². The molecule has 2 atom stereocenters. The molecule has 30 heavy (non-hydrogen) atoms. The van der Waals surface area contributed by atoms with Gasteiger partial charge in [-0.1, -0.05) is 15.9 Å². The third-order valence-corrected chi connectivity index (χ3v) is 7.72. The Morgan fingerprint density at radius 2 is 1.83 bits per heavy atom. The number of hydrogen-bond donors (Lipinski definition) is 1. The lowest BCUT2D eigenvalue weighted by Gasteiger charge is -2.29. The highest BCUT2D eigenvalue weighted by atomic mass is 79.9. The van der Waals surface area contributed by atoms with Crippen LogP contribution in [0.2, 0.25) is 0 Å². The van der Waals surface area contributed by atoms with E-state index in [4.69, 9.17) is 0 Å². The van der Waals surface area contributed by atoms with Crippen molar-refractivity contribution in [2.24, 2.45) is 5.41 Å². The molecule has 1 aromatic carbocycles. The number of likely N-dealkylation sites (tertiary alicyclic amines) is 1. The van der Waals surface area contributed by atoms with E-state index >= 15 is 0 Å². The molecule has 1 unspecified atom stereocenters. The van der Waals surface area contributed by atoms with Crippen LogP contribution in [0.1, 0.15) is 32.1 Å². The minimum atomic E-state index is -4.63. The van der Waals surface area contributed by atoms with Gasteiger partial charge in [-0.3, -0.25) is 9.59 Å². The van der Waals surface area contributed by atoms with Crippen LogP contribution in [0, 0.1) is 16.7 Å².